The molecule has 0 fully saturated rings. The van der Waals surface area contributed by atoms with Gasteiger partial charge in [-0.2, -0.15) is 10.2 Å². The zero-order chi connectivity index (χ0) is 25.6. The van der Waals surface area contributed by atoms with Gasteiger partial charge in [-0.05, 0) is 24.3 Å². The highest BCUT2D eigenvalue weighted by molar-refractivity contribution is 6.03. The number of carbonyl (C=O) groups is 1. The average Bonchev–Trinajstić information content (AvgIpc) is 3.60. The van der Waals surface area contributed by atoms with Crippen molar-refractivity contribution >= 4 is 11.6 Å². The molecule has 1 aromatic heterocycles. The number of carbonyl (C=O) groups excluding carboxylic acids is 1. The number of nitrogens with zero attached hydrogens (tertiary/aromatic N) is 4. The Morgan fingerprint density at radius 2 is 1.76 bits per heavy atom. The van der Waals surface area contributed by atoms with Gasteiger partial charge in [0, 0.05) is 35.9 Å². The molecular weight excluding hydrogens is 466 g/mol. The summed E-state index contributed by atoms with van der Waals surface area (Å²) in [4.78, 5) is 13.4. The highest BCUT2D eigenvalue weighted by Crippen LogP contribution is 2.38. The number of ether oxygens (including phenoxy) is 1. The number of benzene rings is 3. The molecule has 0 saturated heterocycles. The van der Waals surface area contributed by atoms with Crippen LogP contribution in [0, 0.1) is 0 Å². The highest BCUT2D eigenvalue weighted by atomic mass is 16.5. The van der Waals surface area contributed by atoms with Gasteiger partial charge in [0.15, 0.2) is 0 Å². The van der Waals surface area contributed by atoms with Crippen molar-refractivity contribution < 1.29 is 14.6 Å². The predicted molar refractivity (Wildman–Crippen MR) is 143 cm³/mol. The second-order valence-corrected chi connectivity index (χ2v) is 8.72. The van der Waals surface area contributed by atoms with Crippen LogP contribution in [0.15, 0.2) is 96.2 Å². The average molecular weight is 496 g/mol. The third-order valence-corrected chi connectivity index (χ3v) is 6.30. The van der Waals surface area contributed by atoms with Crippen molar-refractivity contribution in [3.63, 3.8) is 0 Å². The maximum absolute atomic E-state index is 13.4. The number of methoxy groups -OCH3 is 1. The molecule has 0 unspecified atom stereocenters. The standard InChI is InChI=1S/C29H29N5O3/c1-37-24-14-8-11-22(17-24)26-18-27(34(31-26)28(36)19-30-15-16-35)25-20-33(23-12-6-3-7-13-23)32-29(25)21-9-4-2-5-10-21/h2-14,17,20,27,30,35H,15-16,18-19H2,1H3/t27-/m1/s1. The number of hydrogen-bond acceptors (Lipinski definition) is 6. The summed E-state index contributed by atoms with van der Waals surface area (Å²) in [5.41, 5.74) is 5.31. The Kier molecular flexibility index (Phi) is 7.39. The van der Waals surface area contributed by atoms with Gasteiger partial charge in [-0.1, -0.05) is 60.7 Å². The summed E-state index contributed by atoms with van der Waals surface area (Å²) in [6, 6.07) is 27.3. The number of hydrogen-bond donors (Lipinski definition) is 2. The number of nitrogens with one attached hydrogen (secondary N) is 1. The first-order valence-electron chi connectivity index (χ1n) is 12.2. The minimum absolute atomic E-state index is 0.0446. The lowest BCUT2D eigenvalue weighted by molar-refractivity contribution is -0.132. The molecule has 188 valence electrons. The SMILES string of the molecule is COc1cccc(C2=NN(C(=O)CNCCO)[C@@H](c3cn(-c4ccccc4)nc3-c3ccccc3)C2)c1. The number of rotatable bonds is 9. The number of amides is 1. The third kappa shape index (κ3) is 5.30. The Hall–Kier alpha value is -4.27. The van der Waals surface area contributed by atoms with Gasteiger partial charge in [-0.3, -0.25) is 4.79 Å². The maximum Gasteiger partial charge on any atom is 0.257 e. The summed E-state index contributed by atoms with van der Waals surface area (Å²) < 4.78 is 7.27. The fourth-order valence-electron chi connectivity index (χ4n) is 4.48. The molecule has 0 aliphatic carbocycles. The fraction of sp³-hybridized carbons (Fsp3) is 0.207. The number of para-hydroxylation sites is 1. The monoisotopic (exact) mass is 495 g/mol. The second kappa shape index (κ2) is 11.2. The first kappa shape index (κ1) is 24.4. The molecule has 1 amide bonds. The van der Waals surface area contributed by atoms with E-state index < -0.39 is 0 Å². The van der Waals surface area contributed by atoms with Crippen LogP contribution in [0.1, 0.15) is 23.6 Å². The first-order chi connectivity index (χ1) is 18.2. The summed E-state index contributed by atoms with van der Waals surface area (Å²) in [5.74, 6) is 0.552. The molecule has 0 saturated carbocycles. The molecule has 0 spiro atoms. The normalized spacial score (nSPS) is 15.0. The van der Waals surface area contributed by atoms with Gasteiger partial charge >= 0.3 is 0 Å². The summed E-state index contributed by atoms with van der Waals surface area (Å²) in [5, 5.41) is 23.4. The van der Waals surface area contributed by atoms with Crippen molar-refractivity contribution in [3.05, 3.63) is 102 Å². The van der Waals surface area contributed by atoms with E-state index in [1.807, 2.05) is 95.8 Å². The quantitative estimate of drug-likeness (QED) is 0.345. The van der Waals surface area contributed by atoms with E-state index in [2.05, 4.69) is 5.32 Å². The van der Waals surface area contributed by atoms with Crippen molar-refractivity contribution in [2.75, 3.05) is 26.8 Å². The molecule has 2 N–H and O–H groups in total. The molecule has 3 aromatic carbocycles. The molecule has 4 aromatic rings. The molecule has 8 heteroatoms. The second-order valence-electron chi connectivity index (χ2n) is 8.72. The Morgan fingerprint density at radius 3 is 2.49 bits per heavy atom. The molecule has 1 atom stereocenters. The van der Waals surface area contributed by atoms with Crippen LogP contribution in [-0.4, -0.2) is 58.3 Å². The van der Waals surface area contributed by atoms with Crippen molar-refractivity contribution in [3.8, 4) is 22.7 Å². The summed E-state index contributed by atoms with van der Waals surface area (Å²) in [6.07, 6.45) is 2.52. The lowest BCUT2D eigenvalue weighted by Gasteiger charge is -2.22. The number of hydrazone groups is 1. The fourth-order valence-corrected chi connectivity index (χ4v) is 4.48. The Labute approximate surface area is 215 Å². The van der Waals surface area contributed by atoms with Crippen LogP contribution in [0.4, 0.5) is 0 Å². The van der Waals surface area contributed by atoms with E-state index in [1.54, 1.807) is 12.1 Å². The van der Waals surface area contributed by atoms with E-state index in [9.17, 15) is 4.79 Å². The van der Waals surface area contributed by atoms with Gasteiger partial charge in [-0.25, -0.2) is 9.69 Å². The topological polar surface area (TPSA) is 92.0 Å². The van der Waals surface area contributed by atoms with Gasteiger partial charge < -0.3 is 15.2 Å². The predicted octanol–water partition coefficient (Wildman–Crippen LogP) is 3.81. The van der Waals surface area contributed by atoms with Gasteiger partial charge in [0.05, 0.1) is 43.4 Å². The molecule has 0 bridgehead atoms. The first-order valence-corrected chi connectivity index (χ1v) is 12.2. The smallest absolute Gasteiger partial charge is 0.257 e. The van der Waals surface area contributed by atoms with Crippen LogP contribution in [0.5, 0.6) is 5.75 Å². The van der Waals surface area contributed by atoms with Gasteiger partial charge in [-0.15, -0.1) is 0 Å². The summed E-state index contributed by atoms with van der Waals surface area (Å²) >= 11 is 0. The number of aliphatic hydroxyl groups is 1. The third-order valence-electron chi connectivity index (χ3n) is 6.30. The van der Waals surface area contributed by atoms with Crippen LogP contribution in [-0.2, 0) is 4.79 Å². The van der Waals surface area contributed by atoms with E-state index in [1.165, 1.54) is 0 Å². The Bertz CT molecular complexity index is 1390. The van der Waals surface area contributed by atoms with Gasteiger partial charge in [0.1, 0.15) is 5.75 Å². The minimum atomic E-state index is -0.350. The molecular formula is C29H29N5O3. The Balaban J connectivity index is 1.58. The molecule has 2 heterocycles. The number of aromatic nitrogens is 2. The number of aliphatic hydroxyl groups excluding tert-OH is 1. The van der Waals surface area contributed by atoms with Crippen LogP contribution in [0.2, 0.25) is 0 Å². The van der Waals surface area contributed by atoms with Crippen LogP contribution in [0.3, 0.4) is 0 Å². The van der Waals surface area contributed by atoms with Crippen molar-refractivity contribution in [2.24, 2.45) is 5.10 Å². The zero-order valence-electron chi connectivity index (χ0n) is 20.6. The lowest BCUT2D eigenvalue weighted by atomic mass is 9.96. The minimum Gasteiger partial charge on any atom is -0.497 e. The molecule has 1 aliphatic heterocycles. The van der Waals surface area contributed by atoms with Crippen molar-refractivity contribution in [2.45, 2.75) is 12.5 Å². The van der Waals surface area contributed by atoms with Crippen LogP contribution in [0.25, 0.3) is 16.9 Å². The highest BCUT2D eigenvalue weighted by Gasteiger charge is 2.36. The van der Waals surface area contributed by atoms with E-state index >= 15 is 0 Å². The zero-order valence-corrected chi connectivity index (χ0v) is 20.6. The largest absolute Gasteiger partial charge is 0.497 e. The van der Waals surface area contributed by atoms with Crippen molar-refractivity contribution in [1.29, 1.82) is 0 Å². The summed E-state index contributed by atoms with van der Waals surface area (Å²) in [6.45, 7) is 0.356. The van der Waals surface area contributed by atoms with E-state index in [4.69, 9.17) is 20.0 Å². The lowest BCUT2D eigenvalue weighted by Crippen LogP contribution is -2.36. The molecule has 37 heavy (non-hydrogen) atoms. The van der Waals surface area contributed by atoms with E-state index in [0.717, 1.165) is 39.5 Å². The molecule has 8 nitrogen and oxygen atoms in total. The Morgan fingerprint density at radius 1 is 1.03 bits per heavy atom. The van der Waals surface area contributed by atoms with Crippen molar-refractivity contribution in [1.82, 2.24) is 20.1 Å². The van der Waals surface area contributed by atoms with Gasteiger partial charge in [0.25, 0.3) is 5.91 Å². The molecule has 5 rings (SSSR count). The van der Waals surface area contributed by atoms with Crippen LogP contribution < -0.4 is 10.1 Å². The van der Waals surface area contributed by atoms with Crippen LogP contribution >= 0.6 is 0 Å². The maximum atomic E-state index is 13.4. The summed E-state index contributed by atoms with van der Waals surface area (Å²) in [7, 11) is 1.63. The van der Waals surface area contributed by atoms with E-state index in [0.29, 0.717) is 13.0 Å². The molecule has 1 aliphatic rings. The molecule has 0 radical (unpaired) electrons. The van der Waals surface area contributed by atoms with E-state index in [-0.39, 0.29) is 25.1 Å². The van der Waals surface area contributed by atoms with Gasteiger partial charge in [0.2, 0.25) is 0 Å².